The van der Waals surface area contributed by atoms with Crippen LogP contribution in [0, 0.1) is 17.8 Å². The fourth-order valence-corrected chi connectivity index (χ4v) is 4.46. The molecular formula is C21H27N5O4. The number of aromatic amines is 1. The predicted molar refractivity (Wildman–Crippen MR) is 106 cm³/mol. The standard InChI is InChI=1S/C21H27N5O4/c27-20(28)18-11-17-10-14(7-9-19-22-24-25-23-19)6-8-16(17)12-26(18)21(29)30-13-15-4-2-1-3-5-15/h1-5,14,16-18H,6-13H2,(H,27,28)(H,22,23,24,25)/t14-,16+,17-,18+/m1/s1/i9D2,18D. The van der Waals surface area contributed by atoms with Gasteiger partial charge in [0.2, 0.25) is 0 Å². The molecule has 160 valence electrons. The van der Waals surface area contributed by atoms with Gasteiger partial charge in [0, 0.05) is 15.7 Å². The predicted octanol–water partition coefficient (Wildman–Crippen LogP) is 2.66. The molecule has 1 aliphatic carbocycles. The molecule has 1 saturated heterocycles. The number of benzene rings is 1. The first-order valence-electron chi connectivity index (χ1n) is 11.6. The lowest BCUT2D eigenvalue weighted by molar-refractivity contribution is -0.146. The van der Waals surface area contributed by atoms with E-state index in [1.54, 1.807) is 12.1 Å². The number of nitrogens with one attached hydrogen (secondary N) is 1. The van der Waals surface area contributed by atoms with E-state index in [-0.39, 0.29) is 49.6 Å². The molecule has 1 aromatic carbocycles. The van der Waals surface area contributed by atoms with Crippen molar-refractivity contribution in [1.82, 2.24) is 25.5 Å². The smallest absolute Gasteiger partial charge is 0.410 e. The van der Waals surface area contributed by atoms with Crippen molar-refractivity contribution in [2.75, 3.05) is 6.54 Å². The third kappa shape index (κ3) is 4.77. The summed E-state index contributed by atoms with van der Waals surface area (Å²) >= 11 is 0. The van der Waals surface area contributed by atoms with E-state index in [1.165, 1.54) is 0 Å². The maximum Gasteiger partial charge on any atom is 0.410 e. The average Bonchev–Trinajstić information content (AvgIpc) is 3.33. The molecule has 1 amide bonds. The fraction of sp³-hybridized carbons (Fsp3) is 0.571. The highest BCUT2D eigenvalue weighted by Gasteiger charge is 2.44. The van der Waals surface area contributed by atoms with E-state index in [4.69, 9.17) is 8.85 Å². The number of carbonyl (C=O) groups excluding carboxylic acids is 1. The highest BCUT2D eigenvalue weighted by Crippen LogP contribution is 2.42. The van der Waals surface area contributed by atoms with Crippen LogP contribution in [0.25, 0.3) is 0 Å². The zero-order valence-electron chi connectivity index (χ0n) is 19.5. The molecule has 1 saturated carbocycles. The molecule has 2 aliphatic rings. The Kier molecular flexibility index (Phi) is 5.17. The number of aliphatic carboxylic acids is 1. The lowest BCUT2D eigenvalue weighted by Gasteiger charge is -2.45. The second kappa shape index (κ2) is 9.23. The molecule has 2 N–H and O–H groups in total. The number of carbonyl (C=O) groups is 2. The van der Waals surface area contributed by atoms with Gasteiger partial charge in [-0.2, -0.15) is 5.21 Å². The van der Waals surface area contributed by atoms with E-state index in [9.17, 15) is 14.7 Å². The van der Waals surface area contributed by atoms with Crippen LogP contribution < -0.4 is 0 Å². The van der Waals surface area contributed by atoms with Gasteiger partial charge in [-0.25, -0.2) is 9.59 Å². The summed E-state index contributed by atoms with van der Waals surface area (Å²) in [6.07, 6.45) is -0.337. The first kappa shape index (κ1) is 16.8. The molecule has 0 spiro atoms. The van der Waals surface area contributed by atoms with Gasteiger partial charge in [-0.1, -0.05) is 42.0 Å². The molecule has 4 atom stereocenters. The van der Waals surface area contributed by atoms with Crippen LogP contribution in [-0.4, -0.2) is 55.3 Å². The number of hydrogen-bond donors (Lipinski definition) is 2. The number of carboxylic acids is 1. The van der Waals surface area contributed by atoms with Crippen molar-refractivity contribution in [1.29, 1.82) is 0 Å². The summed E-state index contributed by atoms with van der Waals surface area (Å²) < 4.78 is 30.6. The molecule has 30 heavy (non-hydrogen) atoms. The highest BCUT2D eigenvalue weighted by molar-refractivity contribution is 5.80. The Morgan fingerprint density at radius 3 is 2.83 bits per heavy atom. The van der Waals surface area contributed by atoms with Crippen molar-refractivity contribution >= 4 is 12.1 Å². The number of rotatable bonds is 6. The first-order valence-corrected chi connectivity index (χ1v) is 10.1. The largest absolute Gasteiger partial charge is 0.480 e. The highest BCUT2D eigenvalue weighted by atomic mass is 16.6. The topological polar surface area (TPSA) is 121 Å². The molecule has 9 heteroatoms. The van der Waals surface area contributed by atoms with Gasteiger partial charge in [0.25, 0.3) is 0 Å². The fourth-order valence-electron chi connectivity index (χ4n) is 4.46. The number of tetrazole rings is 1. The van der Waals surface area contributed by atoms with Crippen LogP contribution in [0.5, 0.6) is 0 Å². The van der Waals surface area contributed by atoms with Gasteiger partial charge in [-0.3, -0.25) is 4.90 Å². The van der Waals surface area contributed by atoms with Crippen molar-refractivity contribution in [3.63, 3.8) is 0 Å². The Morgan fingerprint density at radius 2 is 2.10 bits per heavy atom. The molecule has 9 nitrogen and oxygen atoms in total. The molecule has 2 fully saturated rings. The van der Waals surface area contributed by atoms with Crippen LogP contribution in [0.1, 0.15) is 47.6 Å². The maximum atomic E-state index is 12.8. The van der Waals surface area contributed by atoms with E-state index in [0.717, 1.165) is 23.3 Å². The van der Waals surface area contributed by atoms with Crippen LogP contribution >= 0.6 is 0 Å². The Hall–Kier alpha value is -2.97. The van der Waals surface area contributed by atoms with E-state index in [0.29, 0.717) is 6.42 Å². The van der Waals surface area contributed by atoms with E-state index < -0.39 is 24.5 Å². The zero-order chi connectivity index (χ0) is 23.6. The minimum atomic E-state index is -2.12. The summed E-state index contributed by atoms with van der Waals surface area (Å²) in [6, 6.07) is 6.97. The monoisotopic (exact) mass is 416 g/mol. The molecular weight excluding hydrogens is 386 g/mol. The normalized spacial score (nSPS) is 30.5. The van der Waals surface area contributed by atoms with Crippen molar-refractivity contribution in [3.8, 4) is 0 Å². The van der Waals surface area contributed by atoms with Crippen molar-refractivity contribution in [3.05, 3.63) is 41.7 Å². The van der Waals surface area contributed by atoms with Crippen LogP contribution in [-0.2, 0) is 22.5 Å². The second-order valence-corrected chi connectivity index (χ2v) is 7.92. The molecule has 4 rings (SSSR count). The minimum absolute atomic E-state index is 0.000906. The SMILES string of the molecule is [2H]C([2H])(C[C@H]1CC[C@H]2CN(C(=O)OCc3ccccc3)[C@]([2H])(C(=O)O)C[C@H]2C1)c1nn[nH]n1. The van der Waals surface area contributed by atoms with Gasteiger partial charge in [0.1, 0.15) is 12.6 Å². The average molecular weight is 416 g/mol. The Morgan fingerprint density at radius 1 is 1.27 bits per heavy atom. The van der Waals surface area contributed by atoms with Gasteiger partial charge < -0.3 is 9.84 Å². The van der Waals surface area contributed by atoms with Crippen LogP contribution in [0.15, 0.2) is 30.3 Å². The van der Waals surface area contributed by atoms with Crippen molar-refractivity contribution < 1.29 is 23.5 Å². The molecule has 2 aromatic rings. The van der Waals surface area contributed by atoms with Crippen LogP contribution in [0.4, 0.5) is 4.79 Å². The summed E-state index contributed by atoms with van der Waals surface area (Å²) in [4.78, 5) is 25.9. The van der Waals surface area contributed by atoms with Gasteiger partial charge in [-0.15, -0.1) is 10.2 Å². The third-order valence-electron chi connectivity index (χ3n) is 6.01. The zero-order valence-corrected chi connectivity index (χ0v) is 16.5. The summed E-state index contributed by atoms with van der Waals surface area (Å²) in [7, 11) is 0. The molecule has 0 radical (unpaired) electrons. The maximum absolute atomic E-state index is 12.8. The van der Waals surface area contributed by atoms with Crippen LogP contribution in [0.3, 0.4) is 0 Å². The summed E-state index contributed by atoms with van der Waals surface area (Å²) in [6.45, 7) is 0.145. The Labute approximate surface area is 179 Å². The number of amides is 1. The number of ether oxygens (including phenoxy) is 1. The van der Waals surface area contributed by atoms with Gasteiger partial charge in [0.05, 0.1) is 1.37 Å². The number of likely N-dealkylation sites (tertiary alicyclic amines) is 1. The lowest BCUT2D eigenvalue weighted by Crippen LogP contribution is -2.54. The first-order chi connectivity index (χ1) is 15.7. The number of aryl methyl sites for hydroxylation is 1. The lowest BCUT2D eigenvalue weighted by atomic mass is 9.68. The number of fused-ring (bicyclic) bond motifs is 1. The van der Waals surface area contributed by atoms with E-state index in [2.05, 4.69) is 20.6 Å². The quantitative estimate of drug-likeness (QED) is 0.742. The molecule has 0 unspecified atom stereocenters. The summed E-state index contributed by atoms with van der Waals surface area (Å²) in [5.74, 6) is -1.45. The van der Waals surface area contributed by atoms with Crippen molar-refractivity contribution in [2.24, 2.45) is 17.8 Å². The number of aromatic nitrogens is 4. The second-order valence-electron chi connectivity index (χ2n) is 7.92. The number of H-pyrrole nitrogens is 1. The Bertz CT molecular complexity index is 978. The summed E-state index contributed by atoms with van der Waals surface area (Å²) in [5.41, 5.74) is 0.781. The molecule has 2 heterocycles. The van der Waals surface area contributed by atoms with Gasteiger partial charge >= 0.3 is 12.1 Å². The number of carboxylic acid groups (broad SMARTS) is 1. The van der Waals surface area contributed by atoms with Gasteiger partial charge in [-0.05, 0) is 49.0 Å². The number of piperidine rings is 1. The van der Waals surface area contributed by atoms with E-state index in [1.807, 2.05) is 18.2 Å². The van der Waals surface area contributed by atoms with Gasteiger partial charge in [0.15, 0.2) is 5.82 Å². The summed E-state index contributed by atoms with van der Waals surface area (Å²) in [5, 5.41) is 23.1. The van der Waals surface area contributed by atoms with E-state index >= 15 is 0 Å². The molecule has 1 aliphatic heterocycles. The Balaban J connectivity index is 1.43. The van der Waals surface area contributed by atoms with Crippen molar-refractivity contribution in [2.45, 2.75) is 51.1 Å². The number of hydrogen-bond acceptors (Lipinski definition) is 6. The molecule has 1 aromatic heterocycles. The minimum Gasteiger partial charge on any atom is -0.480 e. The number of nitrogens with zero attached hydrogens (tertiary/aromatic N) is 4. The van der Waals surface area contributed by atoms with Crippen LogP contribution in [0.2, 0.25) is 0 Å². The molecule has 0 bridgehead atoms. The third-order valence-corrected chi connectivity index (χ3v) is 6.01.